The van der Waals surface area contributed by atoms with Crippen molar-refractivity contribution in [3.05, 3.63) is 53.2 Å². The van der Waals surface area contributed by atoms with Crippen LogP contribution < -0.4 is 10.6 Å². The van der Waals surface area contributed by atoms with E-state index in [2.05, 4.69) is 5.10 Å². The average molecular weight is 352 g/mol. The van der Waals surface area contributed by atoms with Crippen molar-refractivity contribution in [1.82, 2.24) is 9.78 Å². The lowest BCUT2D eigenvalue weighted by atomic mass is 10.1. The minimum atomic E-state index is -4.45. The molecule has 1 aromatic heterocycles. The van der Waals surface area contributed by atoms with E-state index in [0.717, 1.165) is 12.1 Å². The van der Waals surface area contributed by atoms with Crippen LogP contribution in [-0.4, -0.2) is 27.7 Å². The highest BCUT2D eigenvalue weighted by atomic mass is 32.1. The molecule has 0 bridgehead atoms. The molecule has 1 aromatic carbocycles. The fraction of sp³-hybridized carbons (Fsp3) is 0.133. The number of benzene rings is 1. The minimum Gasteiger partial charge on any atom is -0.365 e. The van der Waals surface area contributed by atoms with Gasteiger partial charge >= 0.3 is 6.18 Å². The molecule has 2 aromatic rings. The van der Waals surface area contributed by atoms with Gasteiger partial charge in [-0.1, -0.05) is 24.4 Å². The zero-order valence-corrected chi connectivity index (χ0v) is 12.9. The zero-order chi connectivity index (χ0) is 17.5. The Bertz CT molecular complexity index is 857. The van der Waals surface area contributed by atoms with Crippen LogP contribution in [0.2, 0.25) is 0 Å². The van der Waals surface area contributed by atoms with E-state index in [-0.39, 0.29) is 5.56 Å². The van der Waals surface area contributed by atoms with Crippen molar-refractivity contribution in [3.8, 4) is 0 Å². The van der Waals surface area contributed by atoms with Crippen LogP contribution in [0.5, 0.6) is 0 Å². The molecule has 5 nitrogen and oxygen atoms in total. The standard InChI is InChI=1S/C15H11F3N4OS/c16-15(17,18)10-3-1-2-9(6-10)12-4-5-21(8-24)14-11(13(19)23)7-20-22(12)14/h1-4,6-8H,5H2,(H2,19,23). The lowest BCUT2D eigenvalue weighted by Crippen LogP contribution is -2.30. The molecule has 0 aliphatic carbocycles. The number of thiocarbonyl (C=S) groups is 1. The number of fused-ring (bicyclic) bond motifs is 1. The second-order valence-corrected chi connectivity index (χ2v) is 5.29. The molecular weight excluding hydrogens is 341 g/mol. The fourth-order valence-electron chi connectivity index (χ4n) is 2.51. The van der Waals surface area contributed by atoms with Crippen LogP contribution in [0.3, 0.4) is 0 Å². The number of aromatic nitrogens is 2. The number of carbonyl (C=O) groups is 1. The maximum Gasteiger partial charge on any atom is 0.416 e. The predicted molar refractivity (Wildman–Crippen MR) is 86.6 cm³/mol. The number of hydrogen-bond donors (Lipinski definition) is 1. The van der Waals surface area contributed by atoms with E-state index in [0.29, 0.717) is 23.6 Å². The van der Waals surface area contributed by atoms with Crippen molar-refractivity contribution in [3.63, 3.8) is 0 Å². The molecule has 0 fully saturated rings. The summed E-state index contributed by atoms with van der Waals surface area (Å²) in [7, 11) is 0. The summed E-state index contributed by atoms with van der Waals surface area (Å²) in [5.41, 5.74) is 6.80. The molecule has 9 heteroatoms. The Labute approximate surface area is 140 Å². The summed E-state index contributed by atoms with van der Waals surface area (Å²) in [5, 5.41) is 4.08. The Hall–Kier alpha value is -2.68. The molecular formula is C15H11F3N4OS. The summed E-state index contributed by atoms with van der Waals surface area (Å²) in [5.74, 6) is -0.351. The third kappa shape index (κ3) is 2.67. The number of carbonyl (C=O) groups excluding carboxylic acids is 1. The quantitative estimate of drug-likeness (QED) is 0.863. The Morgan fingerprint density at radius 1 is 1.38 bits per heavy atom. The number of nitrogens with zero attached hydrogens (tertiary/aromatic N) is 3. The smallest absolute Gasteiger partial charge is 0.365 e. The van der Waals surface area contributed by atoms with Gasteiger partial charge in [-0.3, -0.25) is 4.79 Å². The molecule has 0 saturated heterocycles. The van der Waals surface area contributed by atoms with E-state index in [1.807, 2.05) is 0 Å². The topological polar surface area (TPSA) is 64.2 Å². The number of amides is 1. The number of alkyl halides is 3. The van der Waals surface area contributed by atoms with Gasteiger partial charge in [0.2, 0.25) is 0 Å². The lowest BCUT2D eigenvalue weighted by Gasteiger charge is -2.26. The van der Waals surface area contributed by atoms with Crippen LogP contribution in [0.15, 0.2) is 36.5 Å². The molecule has 2 N–H and O–H groups in total. The van der Waals surface area contributed by atoms with Crippen molar-refractivity contribution < 1.29 is 18.0 Å². The summed E-state index contributed by atoms with van der Waals surface area (Å²) < 4.78 is 40.1. The largest absolute Gasteiger partial charge is 0.416 e. The monoisotopic (exact) mass is 352 g/mol. The fourth-order valence-corrected chi connectivity index (χ4v) is 2.70. The first kappa shape index (κ1) is 16.2. The highest BCUT2D eigenvalue weighted by molar-refractivity contribution is 7.79. The third-order valence-corrected chi connectivity index (χ3v) is 3.86. The normalized spacial score (nSPS) is 14.1. The van der Waals surface area contributed by atoms with Gasteiger partial charge in [0.25, 0.3) is 5.91 Å². The van der Waals surface area contributed by atoms with Crippen molar-refractivity contribution >= 4 is 35.1 Å². The van der Waals surface area contributed by atoms with Crippen molar-refractivity contribution in [2.24, 2.45) is 5.73 Å². The SMILES string of the molecule is NC(=O)c1cnn2c1N(C=S)CC=C2c1cccc(C(F)(F)F)c1. The van der Waals surface area contributed by atoms with Gasteiger partial charge in [-0.2, -0.15) is 18.3 Å². The third-order valence-electron chi connectivity index (χ3n) is 3.60. The average Bonchev–Trinajstić information content (AvgIpc) is 2.98. The molecule has 0 radical (unpaired) electrons. The number of anilines is 1. The highest BCUT2D eigenvalue weighted by Crippen LogP contribution is 2.34. The van der Waals surface area contributed by atoms with Crippen LogP contribution >= 0.6 is 12.2 Å². The molecule has 3 rings (SSSR count). The second kappa shape index (κ2) is 5.75. The van der Waals surface area contributed by atoms with Crippen molar-refractivity contribution in [1.29, 1.82) is 0 Å². The number of nitrogens with two attached hydrogens (primary N) is 1. The van der Waals surface area contributed by atoms with Gasteiger partial charge < -0.3 is 10.6 Å². The summed E-state index contributed by atoms with van der Waals surface area (Å²) in [4.78, 5) is 13.1. The number of halogens is 3. The Kier molecular flexibility index (Phi) is 3.88. The lowest BCUT2D eigenvalue weighted by molar-refractivity contribution is -0.137. The molecule has 124 valence electrons. The first-order valence-electron chi connectivity index (χ1n) is 6.81. The van der Waals surface area contributed by atoms with Gasteiger partial charge in [0.05, 0.1) is 22.9 Å². The second-order valence-electron chi connectivity index (χ2n) is 5.08. The summed E-state index contributed by atoms with van der Waals surface area (Å²) in [6, 6.07) is 4.90. The van der Waals surface area contributed by atoms with E-state index in [9.17, 15) is 18.0 Å². The molecule has 0 saturated carbocycles. The number of hydrogen-bond acceptors (Lipinski definition) is 3. The molecule has 1 aliphatic rings. The van der Waals surface area contributed by atoms with E-state index in [1.54, 1.807) is 17.0 Å². The van der Waals surface area contributed by atoms with E-state index in [1.165, 1.54) is 22.4 Å². The molecule has 1 amide bonds. The molecule has 0 unspecified atom stereocenters. The van der Waals surface area contributed by atoms with Crippen molar-refractivity contribution in [2.45, 2.75) is 6.18 Å². The van der Waals surface area contributed by atoms with Gasteiger partial charge in [-0.15, -0.1) is 0 Å². The van der Waals surface area contributed by atoms with Crippen LogP contribution in [-0.2, 0) is 6.18 Å². The Morgan fingerprint density at radius 3 is 2.75 bits per heavy atom. The molecule has 0 spiro atoms. The highest BCUT2D eigenvalue weighted by Gasteiger charge is 2.31. The van der Waals surface area contributed by atoms with Crippen molar-refractivity contribution in [2.75, 3.05) is 11.4 Å². The van der Waals surface area contributed by atoms with E-state index >= 15 is 0 Å². The van der Waals surface area contributed by atoms with Crippen LogP contribution in [0.1, 0.15) is 21.5 Å². The maximum absolute atomic E-state index is 12.9. The van der Waals surface area contributed by atoms with Crippen LogP contribution in [0.4, 0.5) is 19.0 Å². The van der Waals surface area contributed by atoms with Gasteiger partial charge in [-0.25, -0.2) is 4.68 Å². The van der Waals surface area contributed by atoms with E-state index in [4.69, 9.17) is 18.0 Å². The molecule has 0 atom stereocenters. The summed E-state index contributed by atoms with van der Waals surface area (Å²) in [6.45, 7) is 0.293. The van der Waals surface area contributed by atoms with Crippen LogP contribution in [0.25, 0.3) is 5.70 Å². The van der Waals surface area contributed by atoms with E-state index < -0.39 is 17.6 Å². The van der Waals surface area contributed by atoms with Gasteiger partial charge in [0.1, 0.15) is 11.4 Å². The zero-order valence-electron chi connectivity index (χ0n) is 12.1. The Morgan fingerprint density at radius 2 is 2.12 bits per heavy atom. The summed E-state index contributed by atoms with van der Waals surface area (Å²) in [6.07, 6.45) is -1.49. The van der Waals surface area contributed by atoms with Gasteiger partial charge in [-0.05, 0) is 18.2 Å². The first-order chi connectivity index (χ1) is 11.3. The number of rotatable bonds is 3. The summed E-state index contributed by atoms with van der Waals surface area (Å²) >= 11 is 4.91. The van der Waals surface area contributed by atoms with Crippen LogP contribution in [0, 0.1) is 0 Å². The van der Waals surface area contributed by atoms with Gasteiger partial charge in [0, 0.05) is 12.1 Å². The number of primary amides is 1. The van der Waals surface area contributed by atoms with Gasteiger partial charge in [0.15, 0.2) is 0 Å². The molecule has 24 heavy (non-hydrogen) atoms. The molecule has 2 heterocycles. The maximum atomic E-state index is 12.9. The minimum absolute atomic E-state index is 0.147. The predicted octanol–water partition coefficient (Wildman–Crippen LogP) is 2.67. The Balaban J connectivity index is 2.14. The molecule has 1 aliphatic heterocycles. The first-order valence-corrected chi connectivity index (χ1v) is 7.28.